The maximum Gasteiger partial charge on any atom is 0.313 e. The number of piperidine rings is 1. The highest BCUT2D eigenvalue weighted by Gasteiger charge is 2.47. The number of phenols is 1. The molecular formula is C20H27NO3. The van der Waals surface area contributed by atoms with Crippen LogP contribution in [0.2, 0.25) is 0 Å². The van der Waals surface area contributed by atoms with Crippen molar-refractivity contribution in [1.29, 1.82) is 0 Å². The second-order valence-corrected chi connectivity index (χ2v) is 7.75. The van der Waals surface area contributed by atoms with E-state index in [-0.39, 0.29) is 23.7 Å². The Morgan fingerprint density at radius 1 is 1.04 bits per heavy atom. The Labute approximate surface area is 143 Å². The number of hydrogen-bond acceptors (Lipinski definition) is 4. The van der Waals surface area contributed by atoms with Crippen LogP contribution in [0, 0.1) is 17.8 Å². The predicted molar refractivity (Wildman–Crippen MR) is 91.8 cm³/mol. The Morgan fingerprint density at radius 3 is 2.29 bits per heavy atom. The van der Waals surface area contributed by atoms with Gasteiger partial charge >= 0.3 is 5.97 Å². The van der Waals surface area contributed by atoms with Gasteiger partial charge in [0.25, 0.3) is 0 Å². The van der Waals surface area contributed by atoms with Crippen LogP contribution >= 0.6 is 0 Å². The fraction of sp³-hybridized carbons (Fsp3) is 0.650. The van der Waals surface area contributed by atoms with Gasteiger partial charge in [-0.1, -0.05) is 12.1 Å². The van der Waals surface area contributed by atoms with Gasteiger partial charge in [0.1, 0.15) is 11.9 Å². The second-order valence-electron chi connectivity index (χ2n) is 7.75. The van der Waals surface area contributed by atoms with Gasteiger partial charge in [-0.25, -0.2) is 0 Å². The third kappa shape index (κ3) is 3.04. The minimum atomic E-state index is -0.189. The summed E-state index contributed by atoms with van der Waals surface area (Å²) in [5, 5.41) is 13.1. The molecule has 1 saturated heterocycles. The van der Waals surface area contributed by atoms with Gasteiger partial charge in [0.2, 0.25) is 0 Å². The number of esters is 1. The fourth-order valence-electron chi connectivity index (χ4n) is 5.11. The number of nitrogens with one attached hydrogen (secondary N) is 1. The van der Waals surface area contributed by atoms with Crippen molar-refractivity contribution in [2.75, 3.05) is 13.1 Å². The largest absolute Gasteiger partial charge is 0.508 e. The molecule has 2 bridgehead atoms. The number of carbonyl (C=O) groups excluding carboxylic acids is 1. The first-order valence-electron chi connectivity index (χ1n) is 9.42. The number of carbonyl (C=O) groups is 1. The minimum absolute atomic E-state index is 0.0450. The van der Waals surface area contributed by atoms with Crippen LogP contribution < -0.4 is 5.32 Å². The smallest absolute Gasteiger partial charge is 0.313 e. The van der Waals surface area contributed by atoms with E-state index in [1.54, 1.807) is 12.1 Å². The maximum absolute atomic E-state index is 13.1. The molecule has 4 heteroatoms. The molecule has 0 spiro atoms. The summed E-state index contributed by atoms with van der Waals surface area (Å²) in [5.41, 5.74) is 1.000. The van der Waals surface area contributed by atoms with E-state index in [4.69, 9.17) is 4.74 Å². The zero-order chi connectivity index (χ0) is 16.5. The van der Waals surface area contributed by atoms with Gasteiger partial charge in [-0.05, 0) is 87.1 Å². The topological polar surface area (TPSA) is 58.6 Å². The van der Waals surface area contributed by atoms with E-state index in [1.165, 1.54) is 25.7 Å². The Morgan fingerprint density at radius 2 is 1.67 bits per heavy atom. The van der Waals surface area contributed by atoms with Gasteiger partial charge in [-0.2, -0.15) is 0 Å². The molecule has 1 aromatic rings. The lowest BCUT2D eigenvalue weighted by atomic mass is 9.73. The molecule has 1 aliphatic heterocycles. The average molecular weight is 329 g/mol. The van der Waals surface area contributed by atoms with Crippen molar-refractivity contribution in [2.45, 2.75) is 50.5 Å². The van der Waals surface area contributed by atoms with E-state index in [0.29, 0.717) is 17.8 Å². The second kappa shape index (κ2) is 6.75. The summed E-state index contributed by atoms with van der Waals surface area (Å²) in [5.74, 6) is 1.49. The molecule has 0 aromatic heterocycles. The molecule has 3 unspecified atom stereocenters. The first kappa shape index (κ1) is 15.9. The first-order valence-corrected chi connectivity index (χ1v) is 9.42. The highest BCUT2D eigenvalue weighted by atomic mass is 16.5. The van der Waals surface area contributed by atoms with Gasteiger partial charge in [0.05, 0.1) is 5.92 Å². The van der Waals surface area contributed by atoms with Gasteiger partial charge in [-0.3, -0.25) is 4.79 Å². The molecule has 0 amide bonds. The molecule has 4 nitrogen and oxygen atoms in total. The average Bonchev–Trinajstić information content (AvgIpc) is 3.15. The highest BCUT2D eigenvalue weighted by molar-refractivity contribution is 5.79. The van der Waals surface area contributed by atoms with Gasteiger partial charge in [0, 0.05) is 0 Å². The van der Waals surface area contributed by atoms with Gasteiger partial charge in [-0.15, -0.1) is 0 Å². The molecule has 3 aliphatic rings. The molecule has 0 radical (unpaired) electrons. The first-order chi connectivity index (χ1) is 11.7. The summed E-state index contributed by atoms with van der Waals surface area (Å²) in [4.78, 5) is 13.1. The molecule has 2 N–H and O–H groups in total. The van der Waals surface area contributed by atoms with Crippen LogP contribution in [0.25, 0.3) is 0 Å². The Bertz CT molecular complexity index is 563. The summed E-state index contributed by atoms with van der Waals surface area (Å²) in [6.45, 7) is 2.01. The van der Waals surface area contributed by atoms with E-state index in [0.717, 1.165) is 31.5 Å². The summed E-state index contributed by atoms with van der Waals surface area (Å²) in [6.07, 6.45) is 6.86. The zero-order valence-electron chi connectivity index (χ0n) is 14.1. The number of phenolic OH excluding ortho intramolecular Hbond substituents is 1. The Balaban J connectivity index is 1.61. The number of fused-ring (bicyclic) bond motifs is 2. The lowest BCUT2D eigenvalue weighted by molar-refractivity contribution is -0.153. The van der Waals surface area contributed by atoms with E-state index in [2.05, 4.69) is 5.32 Å². The third-order valence-corrected chi connectivity index (χ3v) is 6.29. The molecule has 2 saturated carbocycles. The number of rotatable bonds is 4. The molecule has 3 fully saturated rings. The van der Waals surface area contributed by atoms with Crippen molar-refractivity contribution in [2.24, 2.45) is 17.8 Å². The third-order valence-electron chi connectivity index (χ3n) is 6.29. The lowest BCUT2D eigenvalue weighted by Crippen LogP contribution is -2.43. The maximum atomic E-state index is 13.1. The molecular weight excluding hydrogens is 302 g/mol. The summed E-state index contributed by atoms with van der Waals surface area (Å²) >= 11 is 0. The van der Waals surface area contributed by atoms with E-state index in [9.17, 15) is 9.90 Å². The fourth-order valence-corrected chi connectivity index (χ4v) is 5.11. The van der Waals surface area contributed by atoms with E-state index < -0.39 is 0 Å². The summed E-state index contributed by atoms with van der Waals surface area (Å²) < 4.78 is 5.91. The van der Waals surface area contributed by atoms with Crippen molar-refractivity contribution in [3.63, 3.8) is 0 Å². The molecule has 2 aliphatic carbocycles. The van der Waals surface area contributed by atoms with Crippen molar-refractivity contribution in [3.8, 4) is 5.75 Å². The minimum Gasteiger partial charge on any atom is -0.508 e. The molecule has 4 rings (SSSR count). The van der Waals surface area contributed by atoms with Crippen LogP contribution in [-0.2, 0) is 9.53 Å². The van der Waals surface area contributed by atoms with Crippen LogP contribution in [0.15, 0.2) is 24.3 Å². The van der Waals surface area contributed by atoms with Crippen LogP contribution in [0.4, 0.5) is 0 Å². The zero-order valence-corrected chi connectivity index (χ0v) is 14.1. The van der Waals surface area contributed by atoms with Gasteiger partial charge in [0.15, 0.2) is 0 Å². The quantitative estimate of drug-likeness (QED) is 0.833. The Kier molecular flexibility index (Phi) is 4.49. The van der Waals surface area contributed by atoms with Crippen LogP contribution in [0.5, 0.6) is 5.75 Å². The highest BCUT2D eigenvalue weighted by Crippen LogP contribution is 2.48. The lowest BCUT2D eigenvalue weighted by Gasteiger charge is -2.36. The molecule has 3 atom stereocenters. The summed E-state index contributed by atoms with van der Waals surface area (Å²) in [6, 6.07) is 7.18. The standard InChI is InChI=1S/C20H27NO3/c22-16-9-7-13(8-10-16)19(20(23)24-17-3-1-2-4-17)18-14-5-6-15(18)12-21-11-14/h7-10,14-15,17-19,21-22H,1-6,11-12H2. The number of benzene rings is 1. The van der Waals surface area contributed by atoms with E-state index in [1.807, 2.05) is 12.1 Å². The number of ether oxygens (including phenoxy) is 1. The molecule has 1 aromatic carbocycles. The van der Waals surface area contributed by atoms with Crippen LogP contribution in [0.1, 0.15) is 50.0 Å². The number of hydrogen-bond donors (Lipinski definition) is 2. The predicted octanol–water partition coefficient (Wildman–Crippen LogP) is 3.21. The van der Waals surface area contributed by atoms with Crippen molar-refractivity contribution in [3.05, 3.63) is 29.8 Å². The number of aromatic hydroxyl groups is 1. The van der Waals surface area contributed by atoms with Crippen LogP contribution in [0.3, 0.4) is 0 Å². The monoisotopic (exact) mass is 329 g/mol. The van der Waals surface area contributed by atoms with Crippen molar-refractivity contribution in [1.82, 2.24) is 5.32 Å². The normalized spacial score (nSPS) is 31.1. The molecule has 1 heterocycles. The molecule has 24 heavy (non-hydrogen) atoms. The van der Waals surface area contributed by atoms with Crippen molar-refractivity contribution >= 4 is 5.97 Å². The van der Waals surface area contributed by atoms with Crippen LogP contribution in [-0.4, -0.2) is 30.3 Å². The SMILES string of the molecule is O=C(OC1CCCC1)C(c1ccc(O)cc1)C1C2CCC1CNC2. The molecule has 130 valence electrons. The Hall–Kier alpha value is -1.55. The van der Waals surface area contributed by atoms with Gasteiger partial charge < -0.3 is 15.2 Å². The van der Waals surface area contributed by atoms with E-state index >= 15 is 0 Å². The summed E-state index contributed by atoms with van der Waals surface area (Å²) in [7, 11) is 0. The van der Waals surface area contributed by atoms with Crippen molar-refractivity contribution < 1.29 is 14.6 Å².